The molecule has 4 rings (SSSR count). The minimum Gasteiger partial charge on any atom is -0.507 e. The van der Waals surface area contributed by atoms with Crippen LogP contribution in [0.5, 0.6) is 0 Å². The molecular formula is C22H15ClFNO4. The van der Waals surface area contributed by atoms with E-state index in [-0.39, 0.29) is 17.7 Å². The molecule has 0 radical (unpaired) electrons. The van der Waals surface area contributed by atoms with Crippen molar-refractivity contribution in [2.75, 3.05) is 0 Å². The summed E-state index contributed by atoms with van der Waals surface area (Å²) in [6, 6.07) is 14.2. The number of aliphatic hydroxyl groups excluding tert-OH is 1. The number of amides is 1. The summed E-state index contributed by atoms with van der Waals surface area (Å²) in [6.45, 7) is -0.0476. The van der Waals surface area contributed by atoms with Crippen LogP contribution < -0.4 is 0 Å². The lowest BCUT2D eigenvalue weighted by Gasteiger charge is -2.24. The molecule has 1 saturated heterocycles. The maximum atomic E-state index is 14.6. The van der Waals surface area contributed by atoms with Gasteiger partial charge in [0.15, 0.2) is 0 Å². The Hall–Kier alpha value is -3.38. The molecule has 29 heavy (non-hydrogen) atoms. The molecule has 1 amide bonds. The van der Waals surface area contributed by atoms with Crippen molar-refractivity contribution in [3.8, 4) is 0 Å². The summed E-state index contributed by atoms with van der Waals surface area (Å²) in [6.07, 6.45) is 1.44. The van der Waals surface area contributed by atoms with Crippen molar-refractivity contribution in [1.82, 2.24) is 4.90 Å². The van der Waals surface area contributed by atoms with E-state index >= 15 is 0 Å². The number of carbonyl (C=O) groups excluding carboxylic acids is 2. The van der Waals surface area contributed by atoms with Crippen LogP contribution in [0.3, 0.4) is 0 Å². The zero-order valence-electron chi connectivity index (χ0n) is 15.0. The van der Waals surface area contributed by atoms with Gasteiger partial charge in [-0.05, 0) is 42.5 Å². The molecule has 0 bridgehead atoms. The van der Waals surface area contributed by atoms with Crippen molar-refractivity contribution in [3.05, 3.63) is 100 Å². The summed E-state index contributed by atoms with van der Waals surface area (Å²) in [7, 11) is 0. The van der Waals surface area contributed by atoms with Gasteiger partial charge < -0.3 is 14.4 Å². The number of carbonyl (C=O) groups is 2. The predicted molar refractivity (Wildman–Crippen MR) is 104 cm³/mol. The molecule has 5 nitrogen and oxygen atoms in total. The predicted octanol–water partition coefficient (Wildman–Crippen LogP) is 4.69. The van der Waals surface area contributed by atoms with Gasteiger partial charge in [0.1, 0.15) is 17.3 Å². The first kappa shape index (κ1) is 19.0. The Morgan fingerprint density at radius 3 is 2.45 bits per heavy atom. The van der Waals surface area contributed by atoms with E-state index in [1.165, 1.54) is 41.5 Å². The second-order valence-corrected chi connectivity index (χ2v) is 6.97. The monoisotopic (exact) mass is 411 g/mol. The van der Waals surface area contributed by atoms with Crippen LogP contribution >= 0.6 is 11.6 Å². The third-order valence-electron chi connectivity index (χ3n) is 4.76. The van der Waals surface area contributed by atoms with Gasteiger partial charge in [-0.1, -0.05) is 29.8 Å². The molecule has 1 aromatic heterocycles. The number of nitrogens with zero attached hydrogens (tertiary/aromatic N) is 1. The lowest BCUT2D eigenvalue weighted by Crippen LogP contribution is -2.29. The summed E-state index contributed by atoms with van der Waals surface area (Å²) in [5.74, 6) is -2.29. The highest BCUT2D eigenvalue weighted by molar-refractivity contribution is 6.46. The Balaban J connectivity index is 1.89. The average molecular weight is 412 g/mol. The van der Waals surface area contributed by atoms with E-state index < -0.39 is 29.3 Å². The van der Waals surface area contributed by atoms with Gasteiger partial charge in [-0.25, -0.2) is 4.39 Å². The van der Waals surface area contributed by atoms with Crippen LogP contribution in [0.25, 0.3) is 5.76 Å². The Morgan fingerprint density at radius 2 is 1.79 bits per heavy atom. The standard InChI is InChI=1S/C22H15ClFNO4/c23-14-9-7-13(8-10-14)20(26)18-19(16-5-1-2-6-17(16)24)25(22(28)21(18)27)12-15-4-3-11-29-15/h1-11,19,26H,12H2/b20-18+. The number of benzene rings is 2. The molecule has 1 N–H and O–H groups in total. The quantitative estimate of drug-likeness (QED) is 0.384. The lowest BCUT2D eigenvalue weighted by atomic mass is 9.95. The van der Waals surface area contributed by atoms with E-state index in [0.717, 1.165) is 0 Å². The number of halogens is 2. The van der Waals surface area contributed by atoms with Gasteiger partial charge in [0.05, 0.1) is 24.4 Å². The molecule has 2 aromatic carbocycles. The largest absolute Gasteiger partial charge is 0.507 e. The summed E-state index contributed by atoms with van der Waals surface area (Å²) < 4.78 is 19.9. The second-order valence-electron chi connectivity index (χ2n) is 6.53. The third kappa shape index (κ3) is 3.43. The molecule has 1 aliphatic rings. The van der Waals surface area contributed by atoms with Crippen molar-refractivity contribution in [2.45, 2.75) is 12.6 Å². The van der Waals surface area contributed by atoms with Gasteiger partial charge in [-0.15, -0.1) is 0 Å². The number of hydrogen-bond donors (Lipinski definition) is 1. The molecule has 1 aliphatic heterocycles. The molecule has 1 atom stereocenters. The maximum absolute atomic E-state index is 14.6. The number of Topliss-reactive ketones (excluding diaryl/α,β-unsaturated/α-hetero) is 1. The minimum absolute atomic E-state index is 0.0476. The summed E-state index contributed by atoms with van der Waals surface area (Å²) >= 11 is 5.89. The van der Waals surface area contributed by atoms with E-state index in [9.17, 15) is 19.1 Å². The molecule has 0 saturated carbocycles. The van der Waals surface area contributed by atoms with Gasteiger partial charge in [-0.2, -0.15) is 0 Å². The first-order valence-electron chi connectivity index (χ1n) is 8.78. The highest BCUT2D eigenvalue weighted by Gasteiger charge is 2.47. The summed E-state index contributed by atoms with van der Waals surface area (Å²) in [4.78, 5) is 26.8. The highest BCUT2D eigenvalue weighted by Crippen LogP contribution is 2.41. The normalized spacial score (nSPS) is 18.4. The van der Waals surface area contributed by atoms with E-state index in [2.05, 4.69) is 0 Å². The zero-order chi connectivity index (χ0) is 20.5. The second kappa shape index (κ2) is 7.56. The van der Waals surface area contributed by atoms with Gasteiger partial charge in [0.2, 0.25) is 0 Å². The topological polar surface area (TPSA) is 70.8 Å². The van der Waals surface area contributed by atoms with Crippen molar-refractivity contribution < 1.29 is 23.5 Å². The minimum atomic E-state index is -1.10. The summed E-state index contributed by atoms with van der Waals surface area (Å²) in [5, 5.41) is 11.3. The number of aliphatic hydroxyl groups is 1. The smallest absolute Gasteiger partial charge is 0.296 e. The van der Waals surface area contributed by atoms with E-state index in [1.54, 1.807) is 30.3 Å². The van der Waals surface area contributed by atoms with Crippen LogP contribution in [0.2, 0.25) is 5.02 Å². The fourth-order valence-corrected chi connectivity index (χ4v) is 3.52. The van der Waals surface area contributed by atoms with Crippen molar-refractivity contribution in [2.24, 2.45) is 0 Å². The van der Waals surface area contributed by atoms with Crippen molar-refractivity contribution >= 4 is 29.1 Å². The average Bonchev–Trinajstić information content (AvgIpc) is 3.31. The van der Waals surface area contributed by atoms with Crippen LogP contribution in [-0.2, 0) is 16.1 Å². The van der Waals surface area contributed by atoms with Gasteiger partial charge >= 0.3 is 0 Å². The molecule has 1 unspecified atom stereocenters. The van der Waals surface area contributed by atoms with Crippen molar-refractivity contribution in [1.29, 1.82) is 0 Å². The lowest BCUT2D eigenvalue weighted by molar-refractivity contribution is -0.140. The molecule has 146 valence electrons. The van der Waals surface area contributed by atoms with E-state index in [4.69, 9.17) is 16.0 Å². The van der Waals surface area contributed by atoms with E-state index in [0.29, 0.717) is 16.3 Å². The Morgan fingerprint density at radius 1 is 1.07 bits per heavy atom. The first-order valence-corrected chi connectivity index (χ1v) is 9.16. The number of likely N-dealkylation sites (tertiary alicyclic amines) is 1. The Labute approximate surface area is 170 Å². The Bertz CT molecular complexity index is 1110. The third-order valence-corrected chi connectivity index (χ3v) is 5.02. The van der Waals surface area contributed by atoms with Gasteiger partial charge in [-0.3, -0.25) is 9.59 Å². The molecule has 0 spiro atoms. The SMILES string of the molecule is O=C1C(=O)N(Cc2ccco2)C(c2ccccc2F)/C1=C(\O)c1ccc(Cl)cc1. The fourth-order valence-electron chi connectivity index (χ4n) is 3.40. The molecule has 1 fully saturated rings. The fraction of sp³-hybridized carbons (Fsp3) is 0.0909. The number of rotatable bonds is 4. The molecular weight excluding hydrogens is 397 g/mol. The maximum Gasteiger partial charge on any atom is 0.296 e. The van der Waals surface area contributed by atoms with Crippen LogP contribution in [0.4, 0.5) is 4.39 Å². The summed E-state index contributed by atoms with van der Waals surface area (Å²) in [5.41, 5.74) is 0.217. The number of furan rings is 1. The molecule has 0 aliphatic carbocycles. The van der Waals surface area contributed by atoms with Crippen LogP contribution in [-0.4, -0.2) is 21.7 Å². The van der Waals surface area contributed by atoms with Gasteiger partial charge in [0, 0.05) is 16.1 Å². The molecule has 2 heterocycles. The highest BCUT2D eigenvalue weighted by atomic mass is 35.5. The van der Waals surface area contributed by atoms with Crippen LogP contribution in [0, 0.1) is 5.82 Å². The molecule has 3 aromatic rings. The van der Waals surface area contributed by atoms with Gasteiger partial charge in [0.25, 0.3) is 11.7 Å². The van der Waals surface area contributed by atoms with Crippen molar-refractivity contribution in [3.63, 3.8) is 0 Å². The molecule has 7 heteroatoms. The number of ketones is 1. The Kier molecular flexibility index (Phi) is 4.94. The number of hydrogen-bond acceptors (Lipinski definition) is 4. The van der Waals surface area contributed by atoms with Crippen LogP contribution in [0.15, 0.2) is 76.9 Å². The van der Waals surface area contributed by atoms with E-state index in [1.807, 2.05) is 0 Å². The zero-order valence-corrected chi connectivity index (χ0v) is 15.8. The van der Waals surface area contributed by atoms with Crippen LogP contribution in [0.1, 0.15) is 22.9 Å². The first-order chi connectivity index (χ1) is 14.0.